The minimum atomic E-state index is 0.108. The van der Waals surface area contributed by atoms with Gasteiger partial charge >= 0.3 is 0 Å². The third-order valence-electron chi connectivity index (χ3n) is 2.11. The summed E-state index contributed by atoms with van der Waals surface area (Å²) in [6, 6.07) is 0. The summed E-state index contributed by atoms with van der Waals surface area (Å²) in [5.74, 6) is 1.02. The summed E-state index contributed by atoms with van der Waals surface area (Å²) in [5, 5.41) is 10.2. The van der Waals surface area contributed by atoms with E-state index in [4.69, 9.17) is 5.11 Å². The molecule has 13 heavy (non-hydrogen) atoms. The monoisotopic (exact) mass is 213 g/mol. The molecule has 0 amide bonds. The Hall–Kier alpha value is -0.190. The summed E-state index contributed by atoms with van der Waals surface area (Å²) < 4.78 is 0. The average Bonchev–Trinajstić information content (AvgIpc) is 2.19. The second-order valence-electron chi connectivity index (χ2n) is 2.95. The van der Waals surface area contributed by atoms with Gasteiger partial charge in [0.05, 0.1) is 12.3 Å². The Morgan fingerprint density at radius 3 is 3.23 bits per heavy atom. The van der Waals surface area contributed by atoms with Gasteiger partial charge in [-0.25, -0.2) is 0 Å². The van der Waals surface area contributed by atoms with E-state index in [1.807, 2.05) is 30.4 Å². The Balaban J connectivity index is 2.52. The van der Waals surface area contributed by atoms with Gasteiger partial charge in [-0.1, -0.05) is 0 Å². The molecule has 1 aromatic heterocycles. The fourth-order valence-electron chi connectivity index (χ4n) is 1.41. The molecule has 2 rings (SSSR count). The topological polar surface area (TPSA) is 33.1 Å². The minimum Gasteiger partial charge on any atom is -0.392 e. The van der Waals surface area contributed by atoms with Crippen LogP contribution in [-0.4, -0.2) is 15.2 Å². The smallest absolute Gasteiger partial charge is 0.0700 e. The molecule has 0 atom stereocenters. The molecule has 0 aromatic carbocycles. The normalized spacial score (nSPS) is 15.5. The number of pyridine rings is 1. The van der Waals surface area contributed by atoms with Gasteiger partial charge in [0.15, 0.2) is 0 Å². The van der Waals surface area contributed by atoms with Crippen LogP contribution in [0.2, 0.25) is 0 Å². The number of aromatic nitrogens is 1. The molecule has 1 aliphatic heterocycles. The number of hydrogen-bond donors (Lipinski definition) is 1. The van der Waals surface area contributed by atoms with Gasteiger partial charge in [0.2, 0.25) is 0 Å². The van der Waals surface area contributed by atoms with Crippen molar-refractivity contribution in [3.05, 3.63) is 23.0 Å². The highest BCUT2D eigenvalue weighted by Crippen LogP contribution is 2.38. The molecule has 1 N–H and O–H groups in total. The number of nitrogens with zero attached hydrogens (tertiary/aromatic N) is 1. The first-order valence-electron chi connectivity index (χ1n) is 4.11. The Kier molecular flexibility index (Phi) is 2.81. The van der Waals surface area contributed by atoms with Crippen molar-refractivity contribution < 1.29 is 5.11 Å². The van der Waals surface area contributed by atoms with Crippen molar-refractivity contribution in [1.29, 1.82) is 0 Å². The molecule has 1 aromatic rings. The molecule has 0 saturated heterocycles. The van der Waals surface area contributed by atoms with Crippen LogP contribution < -0.4 is 0 Å². The van der Waals surface area contributed by atoms with Crippen LogP contribution in [-0.2, 0) is 12.4 Å². The lowest BCUT2D eigenvalue weighted by molar-refractivity contribution is 0.280. The SMILES string of the molecule is Cc1ncc(CO)c2c1SCSC2. The zero-order chi connectivity index (χ0) is 9.26. The van der Waals surface area contributed by atoms with Crippen molar-refractivity contribution in [1.82, 2.24) is 4.98 Å². The number of thioether (sulfide) groups is 2. The third kappa shape index (κ3) is 1.71. The highest BCUT2D eigenvalue weighted by atomic mass is 32.2. The molecule has 2 heterocycles. The predicted octanol–water partition coefficient (Wildman–Crippen LogP) is 2.18. The van der Waals surface area contributed by atoms with E-state index in [9.17, 15) is 0 Å². The lowest BCUT2D eigenvalue weighted by Gasteiger charge is -2.18. The maximum Gasteiger partial charge on any atom is 0.0700 e. The number of aryl methyl sites for hydroxylation is 1. The van der Waals surface area contributed by atoms with Crippen molar-refractivity contribution in [3.8, 4) is 0 Å². The number of aliphatic hydroxyl groups excluding tert-OH is 1. The van der Waals surface area contributed by atoms with Crippen molar-refractivity contribution in [3.63, 3.8) is 0 Å². The Bertz CT molecular complexity index is 328. The van der Waals surface area contributed by atoms with Gasteiger partial charge in [0.1, 0.15) is 0 Å². The zero-order valence-electron chi connectivity index (χ0n) is 7.41. The summed E-state index contributed by atoms with van der Waals surface area (Å²) in [6.45, 7) is 2.14. The number of hydrogen-bond acceptors (Lipinski definition) is 4. The van der Waals surface area contributed by atoms with E-state index in [2.05, 4.69) is 4.98 Å². The maximum absolute atomic E-state index is 9.13. The summed E-state index contributed by atoms with van der Waals surface area (Å²) in [4.78, 5) is 5.56. The van der Waals surface area contributed by atoms with E-state index in [1.54, 1.807) is 6.20 Å². The van der Waals surface area contributed by atoms with E-state index in [1.165, 1.54) is 10.5 Å². The molecule has 70 valence electrons. The lowest BCUT2D eigenvalue weighted by Crippen LogP contribution is -2.03. The third-order valence-corrected chi connectivity index (χ3v) is 4.57. The molecule has 0 spiro atoms. The first kappa shape index (κ1) is 9.37. The van der Waals surface area contributed by atoms with Gasteiger partial charge in [-0.15, -0.1) is 23.5 Å². The van der Waals surface area contributed by atoms with E-state index in [0.717, 1.165) is 22.1 Å². The number of fused-ring (bicyclic) bond motifs is 1. The summed E-state index contributed by atoms with van der Waals surface area (Å²) in [7, 11) is 0. The Labute approximate surface area is 86.1 Å². The van der Waals surface area contributed by atoms with Crippen LogP contribution in [0, 0.1) is 6.92 Å². The van der Waals surface area contributed by atoms with Gasteiger partial charge in [-0.2, -0.15) is 0 Å². The molecule has 0 unspecified atom stereocenters. The molecule has 0 radical (unpaired) electrons. The first-order chi connectivity index (χ1) is 6.33. The Morgan fingerprint density at radius 1 is 1.62 bits per heavy atom. The van der Waals surface area contributed by atoms with Crippen molar-refractivity contribution in [2.45, 2.75) is 24.2 Å². The van der Waals surface area contributed by atoms with Gasteiger partial charge < -0.3 is 5.11 Å². The molecule has 0 bridgehead atoms. The van der Waals surface area contributed by atoms with E-state index >= 15 is 0 Å². The standard InChI is InChI=1S/C9H11NOS2/c1-6-9-8(4-12-5-13-9)7(3-11)2-10-6/h2,11H,3-5H2,1H3. The highest BCUT2D eigenvalue weighted by Gasteiger charge is 2.16. The number of rotatable bonds is 1. The van der Waals surface area contributed by atoms with E-state index in [0.29, 0.717) is 0 Å². The maximum atomic E-state index is 9.13. The minimum absolute atomic E-state index is 0.108. The van der Waals surface area contributed by atoms with Crippen molar-refractivity contribution in [2.75, 3.05) is 5.08 Å². The molecule has 2 nitrogen and oxygen atoms in total. The molecule has 0 saturated carbocycles. The van der Waals surface area contributed by atoms with Crippen LogP contribution >= 0.6 is 23.5 Å². The summed E-state index contributed by atoms with van der Waals surface area (Å²) >= 11 is 3.73. The fourth-order valence-corrected chi connectivity index (χ4v) is 3.81. The summed E-state index contributed by atoms with van der Waals surface area (Å²) in [6.07, 6.45) is 1.79. The molecule has 1 aliphatic rings. The second kappa shape index (κ2) is 3.90. The lowest BCUT2D eigenvalue weighted by atomic mass is 10.1. The predicted molar refractivity (Wildman–Crippen MR) is 56.9 cm³/mol. The Morgan fingerprint density at radius 2 is 2.46 bits per heavy atom. The molecular formula is C9H11NOS2. The fraction of sp³-hybridized carbons (Fsp3) is 0.444. The van der Waals surface area contributed by atoms with Crippen LogP contribution in [0.5, 0.6) is 0 Å². The van der Waals surface area contributed by atoms with Crippen LogP contribution in [0.3, 0.4) is 0 Å². The van der Waals surface area contributed by atoms with Crippen LogP contribution in [0.25, 0.3) is 0 Å². The van der Waals surface area contributed by atoms with Gasteiger partial charge in [-0.3, -0.25) is 4.98 Å². The molecule has 4 heteroatoms. The van der Waals surface area contributed by atoms with Crippen molar-refractivity contribution in [2.24, 2.45) is 0 Å². The van der Waals surface area contributed by atoms with E-state index < -0.39 is 0 Å². The molecule has 0 fully saturated rings. The van der Waals surface area contributed by atoms with Crippen molar-refractivity contribution >= 4 is 23.5 Å². The van der Waals surface area contributed by atoms with Crippen LogP contribution in [0.15, 0.2) is 11.1 Å². The van der Waals surface area contributed by atoms with E-state index in [-0.39, 0.29) is 6.61 Å². The van der Waals surface area contributed by atoms with Gasteiger partial charge in [-0.05, 0) is 12.5 Å². The van der Waals surface area contributed by atoms with Gasteiger partial charge in [0, 0.05) is 27.5 Å². The summed E-state index contributed by atoms with van der Waals surface area (Å²) in [5.41, 5.74) is 3.37. The first-order valence-corrected chi connectivity index (χ1v) is 6.25. The molecule has 0 aliphatic carbocycles. The second-order valence-corrected chi connectivity index (χ2v) is 5.28. The largest absolute Gasteiger partial charge is 0.392 e. The van der Waals surface area contributed by atoms with Crippen LogP contribution in [0.4, 0.5) is 0 Å². The van der Waals surface area contributed by atoms with Crippen LogP contribution in [0.1, 0.15) is 16.8 Å². The zero-order valence-corrected chi connectivity index (χ0v) is 9.04. The van der Waals surface area contributed by atoms with Gasteiger partial charge in [0.25, 0.3) is 0 Å². The molecular weight excluding hydrogens is 202 g/mol. The highest BCUT2D eigenvalue weighted by molar-refractivity contribution is 8.16. The average molecular weight is 213 g/mol. The number of aliphatic hydroxyl groups is 1. The quantitative estimate of drug-likeness (QED) is 0.775.